The van der Waals surface area contributed by atoms with Crippen molar-refractivity contribution in [3.63, 3.8) is 0 Å². The van der Waals surface area contributed by atoms with E-state index in [0.717, 1.165) is 26.0 Å². The zero-order valence-electron chi connectivity index (χ0n) is 11.9. The van der Waals surface area contributed by atoms with E-state index in [4.69, 9.17) is 14.3 Å². The normalized spacial score (nSPS) is 18.8. The Kier molecular flexibility index (Phi) is 3.79. The van der Waals surface area contributed by atoms with Gasteiger partial charge in [-0.25, -0.2) is 4.79 Å². The maximum atomic E-state index is 11.0. The van der Waals surface area contributed by atoms with Gasteiger partial charge in [-0.15, -0.1) is 0 Å². The largest absolute Gasteiger partial charge is 0.478 e. The van der Waals surface area contributed by atoms with Crippen LogP contribution in [0.25, 0.3) is 11.1 Å². The van der Waals surface area contributed by atoms with Crippen molar-refractivity contribution in [2.24, 2.45) is 0 Å². The van der Waals surface area contributed by atoms with Crippen LogP contribution >= 0.6 is 0 Å². The van der Waals surface area contributed by atoms with Crippen LogP contribution in [0, 0.1) is 0 Å². The highest BCUT2D eigenvalue weighted by molar-refractivity contribution is 5.92. The van der Waals surface area contributed by atoms with Gasteiger partial charge >= 0.3 is 5.97 Å². The topological polar surface area (TPSA) is 75.8 Å². The van der Waals surface area contributed by atoms with Crippen LogP contribution in [-0.4, -0.2) is 42.4 Å². The lowest BCUT2D eigenvalue weighted by atomic mass is 10.1. The molecule has 21 heavy (non-hydrogen) atoms. The molecule has 6 heteroatoms. The standard InChI is InChI=1S/C15H18N2O4/c1-17(9-11-4-2-3-7-20-11)15-16-12-6-5-10(14(18)19)8-13(12)21-15/h5-6,8,11H,2-4,7,9H2,1H3,(H,18,19). The number of rotatable bonds is 4. The molecule has 0 aliphatic carbocycles. The van der Waals surface area contributed by atoms with Crippen molar-refractivity contribution in [2.45, 2.75) is 25.4 Å². The van der Waals surface area contributed by atoms with Gasteiger partial charge < -0.3 is 19.2 Å². The number of nitrogens with zero attached hydrogens (tertiary/aromatic N) is 2. The van der Waals surface area contributed by atoms with Gasteiger partial charge in [-0.3, -0.25) is 0 Å². The van der Waals surface area contributed by atoms with Crippen molar-refractivity contribution in [2.75, 3.05) is 25.1 Å². The first-order chi connectivity index (χ1) is 10.1. The maximum Gasteiger partial charge on any atom is 0.335 e. The fraction of sp³-hybridized carbons (Fsp3) is 0.467. The average Bonchev–Trinajstić information content (AvgIpc) is 2.91. The number of aromatic carboxylic acids is 1. The van der Waals surface area contributed by atoms with Crippen molar-refractivity contribution >= 4 is 23.1 Å². The number of ether oxygens (including phenoxy) is 1. The molecule has 1 aromatic heterocycles. The minimum atomic E-state index is -0.973. The number of hydrogen-bond donors (Lipinski definition) is 1. The summed E-state index contributed by atoms with van der Waals surface area (Å²) in [5.74, 6) is -0.973. The highest BCUT2D eigenvalue weighted by Crippen LogP contribution is 2.23. The maximum absolute atomic E-state index is 11.0. The molecular weight excluding hydrogens is 272 g/mol. The van der Waals surface area contributed by atoms with Gasteiger partial charge in [0.15, 0.2) is 5.58 Å². The van der Waals surface area contributed by atoms with E-state index in [1.54, 1.807) is 6.07 Å². The number of fused-ring (bicyclic) bond motifs is 1. The number of carbonyl (C=O) groups is 1. The Labute approximate surface area is 122 Å². The van der Waals surface area contributed by atoms with Gasteiger partial charge in [0.2, 0.25) is 0 Å². The molecule has 0 amide bonds. The van der Waals surface area contributed by atoms with Crippen LogP contribution in [0.1, 0.15) is 29.6 Å². The lowest BCUT2D eigenvalue weighted by Gasteiger charge is -2.26. The van der Waals surface area contributed by atoms with E-state index >= 15 is 0 Å². The monoisotopic (exact) mass is 290 g/mol. The molecule has 0 bridgehead atoms. The zero-order valence-corrected chi connectivity index (χ0v) is 11.9. The molecular formula is C15H18N2O4. The van der Waals surface area contributed by atoms with Crippen molar-refractivity contribution in [1.29, 1.82) is 0 Å². The van der Waals surface area contributed by atoms with Crippen molar-refractivity contribution in [1.82, 2.24) is 4.98 Å². The van der Waals surface area contributed by atoms with Crippen molar-refractivity contribution in [3.8, 4) is 0 Å². The van der Waals surface area contributed by atoms with Gasteiger partial charge in [0.1, 0.15) is 5.52 Å². The minimum absolute atomic E-state index is 0.198. The second kappa shape index (κ2) is 5.73. The van der Waals surface area contributed by atoms with Gasteiger partial charge in [0.05, 0.1) is 11.7 Å². The van der Waals surface area contributed by atoms with Gasteiger partial charge in [0, 0.05) is 20.2 Å². The first kappa shape index (κ1) is 13.9. The summed E-state index contributed by atoms with van der Waals surface area (Å²) < 4.78 is 11.4. The van der Waals surface area contributed by atoms with E-state index < -0.39 is 5.97 Å². The van der Waals surface area contributed by atoms with Gasteiger partial charge in [-0.2, -0.15) is 4.98 Å². The smallest absolute Gasteiger partial charge is 0.335 e. The first-order valence-corrected chi connectivity index (χ1v) is 7.10. The van der Waals surface area contributed by atoms with Crippen LogP contribution in [0.5, 0.6) is 0 Å². The number of likely N-dealkylation sites (N-methyl/N-ethyl adjacent to an activating group) is 1. The lowest BCUT2D eigenvalue weighted by molar-refractivity contribution is 0.0211. The molecule has 0 spiro atoms. The Hall–Kier alpha value is -2.08. The molecule has 1 atom stereocenters. The highest BCUT2D eigenvalue weighted by Gasteiger charge is 2.19. The lowest BCUT2D eigenvalue weighted by Crippen LogP contribution is -2.33. The molecule has 6 nitrogen and oxygen atoms in total. The molecule has 1 aromatic carbocycles. The molecule has 2 heterocycles. The fourth-order valence-corrected chi connectivity index (χ4v) is 2.54. The quantitative estimate of drug-likeness (QED) is 0.932. The third-order valence-electron chi connectivity index (χ3n) is 3.70. The fourth-order valence-electron chi connectivity index (χ4n) is 2.54. The van der Waals surface area contributed by atoms with Crippen LogP contribution in [0.4, 0.5) is 6.01 Å². The van der Waals surface area contributed by atoms with Crippen molar-refractivity contribution < 1.29 is 19.1 Å². The Balaban J connectivity index is 1.78. The second-order valence-corrected chi connectivity index (χ2v) is 5.35. The molecule has 0 radical (unpaired) electrons. The van der Waals surface area contributed by atoms with Crippen LogP contribution in [-0.2, 0) is 4.74 Å². The number of oxazole rings is 1. The van der Waals surface area contributed by atoms with Crippen LogP contribution in [0.2, 0.25) is 0 Å². The summed E-state index contributed by atoms with van der Waals surface area (Å²) in [6, 6.07) is 5.18. The molecule has 0 saturated carbocycles. The minimum Gasteiger partial charge on any atom is -0.478 e. The summed E-state index contributed by atoms with van der Waals surface area (Å²) in [5, 5.41) is 8.99. The number of hydrogen-bond acceptors (Lipinski definition) is 5. The number of anilines is 1. The number of carboxylic acid groups (broad SMARTS) is 1. The summed E-state index contributed by atoms with van der Waals surface area (Å²) in [4.78, 5) is 17.3. The zero-order chi connectivity index (χ0) is 14.8. The van der Waals surface area contributed by atoms with Crippen LogP contribution in [0.3, 0.4) is 0 Å². The SMILES string of the molecule is CN(CC1CCCCO1)c1nc2ccc(C(=O)O)cc2o1. The number of carboxylic acids is 1. The summed E-state index contributed by atoms with van der Waals surface area (Å²) in [6.07, 6.45) is 3.57. The highest BCUT2D eigenvalue weighted by atomic mass is 16.5. The Morgan fingerprint density at radius 1 is 1.48 bits per heavy atom. The number of benzene rings is 1. The predicted molar refractivity (Wildman–Crippen MR) is 77.8 cm³/mol. The Morgan fingerprint density at radius 2 is 2.33 bits per heavy atom. The third kappa shape index (κ3) is 3.00. The van der Waals surface area contributed by atoms with E-state index in [-0.39, 0.29) is 11.7 Å². The summed E-state index contributed by atoms with van der Waals surface area (Å²) in [6.45, 7) is 1.53. The Bertz CT molecular complexity index is 646. The number of aromatic nitrogens is 1. The van der Waals surface area contributed by atoms with Gasteiger partial charge in [-0.05, 0) is 37.5 Å². The van der Waals surface area contributed by atoms with Crippen LogP contribution < -0.4 is 4.90 Å². The van der Waals surface area contributed by atoms with E-state index in [9.17, 15) is 4.79 Å². The predicted octanol–water partition coefficient (Wildman–Crippen LogP) is 2.53. The Morgan fingerprint density at radius 3 is 3.05 bits per heavy atom. The van der Waals surface area contributed by atoms with E-state index in [2.05, 4.69) is 4.98 Å². The molecule has 1 N–H and O–H groups in total. The molecule has 2 aromatic rings. The summed E-state index contributed by atoms with van der Waals surface area (Å²) in [7, 11) is 1.90. The van der Waals surface area contributed by atoms with E-state index in [1.165, 1.54) is 18.6 Å². The van der Waals surface area contributed by atoms with Crippen LogP contribution in [0.15, 0.2) is 22.6 Å². The van der Waals surface area contributed by atoms with Gasteiger partial charge in [0.25, 0.3) is 6.01 Å². The first-order valence-electron chi connectivity index (χ1n) is 7.10. The van der Waals surface area contributed by atoms with Crippen molar-refractivity contribution in [3.05, 3.63) is 23.8 Å². The molecule has 112 valence electrons. The summed E-state index contributed by atoms with van der Waals surface area (Å²) in [5.41, 5.74) is 1.34. The molecule has 3 rings (SSSR count). The van der Waals surface area contributed by atoms with E-state index in [0.29, 0.717) is 17.1 Å². The molecule has 1 unspecified atom stereocenters. The molecule has 1 saturated heterocycles. The van der Waals surface area contributed by atoms with E-state index in [1.807, 2.05) is 11.9 Å². The third-order valence-corrected chi connectivity index (χ3v) is 3.70. The molecule has 1 aliphatic heterocycles. The van der Waals surface area contributed by atoms with Gasteiger partial charge in [-0.1, -0.05) is 0 Å². The average molecular weight is 290 g/mol. The second-order valence-electron chi connectivity index (χ2n) is 5.35. The molecule has 1 aliphatic rings. The summed E-state index contributed by atoms with van der Waals surface area (Å²) >= 11 is 0. The molecule has 1 fully saturated rings.